The van der Waals surface area contributed by atoms with Crippen molar-refractivity contribution in [2.45, 2.75) is 98.8 Å². The van der Waals surface area contributed by atoms with Crippen LogP contribution in [0.15, 0.2) is 5.16 Å². The zero-order chi connectivity index (χ0) is 19.6. The van der Waals surface area contributed by atoms with Gasteiger partial charge in [-0.3, -0.25) is 0 Å². The van der Waals surface area contributed by atoms with E-state index in [1.807, 2.05) is 13.8 Å². The Morgan fingerprint density at radius 1 is 0.963 bits per heavy atom. The quantitative estimate of drug-likeness (QED) is 0.374. The van der Waals surface area contributed by atoms with Gasteiger partial charge in [0.05, 0.1) is 5.71 Å². The molecule has 0 aromatic heterocycles. The van der Waals surface area contributed by atoms with Gasteiger partial charge in [0.25, 0.3) is 0 Å². The van der Waals surface area contributed by atoms with Crippen molar-refractivity contribution in [1.82, 2.24) is 0 Å². The standard InChI is InChI=1S/C23H39NO.C2H6/c1-5-22(24-25-4)21-11-10-20-19-9-7-16-14-15(2)6-8-17(16)18(19)12-13-23(20,21)3;1-2/h15-21H,5-14H2,1-4H3;1-2H3/b24-22+;. The SMILES string of the molecule is CC.CC/C(=N\OC)C1CCC2C3CCC4CC(C)CCC4C3CCC12C. The van der Waals surface area contributed by atoms with Crippen LogP contribution in [0.5, 0.6) is 0 Å². The Bertz CT molecular complexity index is 514. The molecule has 0 saturated heterocycles. The number of rotatable bonds is 3. The minimum absolute atomic E-state index is 0.489. The largest absolute Gasteiger partial charge is 0.399 e. The maximum absolute atomic E-state index is 5.21. The van der Waals surface area contributed by atoms with Crippen molar-refractivity contribution in [2.24, 2.45) is 52.0 Å². The Balaban J connectivity index is 0.00000102. The van der Waals surface area contributed by atoms with Crippen LogP contribution in [-0.4, -0.2) is 12.8 Å². The van der Waals surface area contributed by atoms with Crippen molar-refractivity contribution in [1.29, 1.82) is 0 Å². The van der Waals surface area contributed by atoms with Gasteiger partial charge in [0, 0.05) is 5.92 Å². The molecule has 0 bridgehead atoms. The third kappa shape index (κ3) is 3.71. The third-order valence-corrected chi connectivity index (χ3v) is 9.19. The van der Waals surface area contributed by atoms with Crippen molar-refractivity contribution in [3.8, 4) is 0 Å². The van der Waals surface area contributed by atoms with Gasteiger partial charge >= 0.3 is 0 Å². The van der Waals surface area contributed by atoms with E-state index in [-0.39, 0.29) is 0 Å². The lowest BCUT2D eigenvalue weighted by molar-refractivity contribution is -0.0610. The first-order valence-corrected chi connectivity index (χ1v) is 12.2. The molecule has 0 N–H and O–H groups in total. The van der Waals surface area contributed by atoms with Gasteiger partial charge in [0.1, 0.15) is 7.11 Å². The highest BCUT2D eigenvalue weighted by Gasteiger charge is 2.57. The molecule has 0 aliphatic heterocycles. The predicted octanol–water partition coefficient (Wildman–Crippen LogP) is 7.33. The topological polar surface area (TPSA) is 21.6 Å². The van der Waals surface area contributed by atoms with E-state index in [1.165, 1.54) is 63.5 Å². The van der Waals surface area contributed by atoms with Crippen molar-refractivity contribution in [3.05, 3.63) is 0 Å². The molecule has 2 nitrogen and oxygen atoms in total. The van der Waals surface area contributed by atoms with E-state index in [0.717, 1.165) is 41.9 Å². The van der Waals surface area contributed by atoms with Crippen LogP contribution in [0.2, 0.25) is 0 Å². The molecule has 4 saturated carbocycles. The summed E-state index contributed by atoms with van der Waals surface area (Å²) in [6, 6.07) is 0. The summed E-state index contributed by atoms with van der Waals surface area (Å²) in [4.78, 5) is 5.21. The van der Waals surface area contributed by atoms with Crippen molar-refractivity contribution in [3.63, 3.8) is 0 Å². The molecule has 4 fully saturated rings. The molecule has 4 rings (SSSR count). The molecule has 0 heterocycles. The molecular formula is C25H45NO. The highest BCUT2D eigenvalue weighted by Crippen LogP contribution is 2.64. The fourth-order valence-electron chi connectivity index (χ4n) is 8.13. The van der Waals surface area contributed by atoms with Gasteiger partial charge in [-0.25, -0.2) is 0 Å². The molecular weight excluding hydrogens is 330 g/mol. The van der Waals surface area contributed by atoms with E-state index in [1.54, 1.807) is 7.11 Å². The summed E-state index contributed by atoms with van der Waals surface area (Å²) in [6.07, 6.45) is 14.4. The molecule has 0 aromatic rings. The molecule has 8 unspecified atom stereocenters. The van der Waals surface area contributed by atoms with Crippen LogP contribution in [0.25, 0.3) is 0 Å². The molecule has 0 spiro atoms. The summed E-state index contributed by atoms with van der Waals surface area (Å²) in [5, 5.41) is 4.46. The number of hydrogen-bond acceptors (Lipinski definition) is 2. The second-order valence-corrected chi connectivity index (χ2v) is 10.1. The summed E-state index contributed by atoms with van der Waals surface area (Å²) in [7, 11) is 1.71. The van der Waals surface area contributed by atoms with Crippen LogP contribution in [0, 0.1) is 46.8 Å². The number of oxime groups is 1. The van der Waals surface area contributed by atoms with E-state index in [0.29, 0.717) is 11.3 Å². The van der Waals surface area contributed by atoms with Crippen molar-refractivity contribution < 1.29 is 4.84 Å². The Hall–Kier alpha value is -0.530. The van der Waals surface area contributed by atoms with Crippen LogP contribution in [0.4, 0.5) is 0 Å². The Kier molecular flexibility index (Phi) is 6.96. The molecule has 0 aromatic carbocycles. The Labute approximate surface area is 168 Å². The summed E-state index contributed by atoms with van der Waals surface area (Å²) in [5.74, 6) is 6.80. The maximum Gasteiger partial charge on any atom is 0.106 e. The molecule has 4 aliphatic carbocycles. The lowest BCUT2D eigenvalue weighted by atomic mass is 9.49. The smallest absolute Gasteiger partial charge is 0.106 e. The fourth-order valence-corrected chi connectivity index (χ4v) is 8.13. The van der Waals surface area contributed by atoms with Gasteiger partial charge in [0.15, 0.2) is 0 Å². The molecule has 156 valence electrons. The average Bonchev–Trinajstić information content (AvgIpc) is 3.04. The Morgan fingerprint density at radius 2 is 1.70 bits per heavy atom. The fraction of sp³-hybridized carbons (Fsp3) is 0.960. The van der Waals surface area contributed by atoms with Gasteiger partial charge in [-0.15, -0.1) is 0 Å². The molecule has 0 radical (unpaired) electrons. The number of nitrogens with zero attached hydrogens (tertiary/aromatic N) is 1. The van der Waals surface area contributed by atoms with Crippen LogP contribution in [-0.2, 0) is 4.84 Å². The maximum atomic E-state index is 5.21. The molecule has 2 heteroatoms. The number of hydrogen-bond donors (Lipinski definition) is 0. The minimum atomic E-state index is 0.489. The zero-order valence-corrected chi connectivity index (χ0v) is 19.0. The van der Waals surface area contributed by atoms with E-state index in [9.17, 15) is 0 Å². The van der Waals surface area contributed by atoms with E-state index < -0.39 is 0 Å². The van der Waals surface area contributed by atoms with Crippen LogP contribution in [0.3, 0.4) is 0 Å². The Morgan fingerprint density at radius 3 is 2.41 bits per heavy atom. The first-order chi connectivity index (χ1) is 13.1. The molecule has 4 aliphatic rings. The third-order valence-electron chi connectivity index (χ3n) is 9.19. The van der Waals surface area contributed by atoms with Gasteiger partial charge in [0.2, 0.25) is 0 Å². The van der Waals surface area contributed by atoms with Crippen LogP contribution >= 0.6 is 0 Å². The second kappa shape index (κ2) is 8.87. The van der Waals surface area contributed by atoms with Crippen molar-refractivity contribution in [2.75, 3.05) is 7.11 Å². The van der Waals surface area contributed by atoms with Gasteiger partial charge in [-0.2, -0.15) is 0 Å². The zero-order valence-electron chi connectivity index (χ0n) is 19.0. The summed E-state index contributed by atoms with van der Waals surface area (Å²) in [5.41, 5.74) is 1.83. The first kappa shape index (κ1) is 21.2. The van der Waals surface area contributed by atoms with Crippen LogP contribution in [0.1, 0.15) is 98.8 Å². The van der Waals surface area contributed by atoms with Gasteiger partial charge < -0.3 is 4.84 Å². The summed E-state index contributed by atoms with van der Waals surface area (Å²) < 4.78 is 0. The lowest BCUT2D eigenvalue weighted by Crippen LogP contribution is -2.49. The second-order valence-electron chi connectivity index (χ2n) is 10.1. The normalized spacial score (nSPS) is 46.4. The lowest BCUT2D eigenvalue weighted by Gasteiger charge is -2.56. The average molecular weight is 376 g/mol. The summed E-state index contributed by atoms with van der Waals surface area (Å²) in [6.45, 7) is 11.4. The predicted molar refractivity (Wildman–Crippen MR) is 116 cm³/mol. The highest BCUT2D eigenvalue weighted by atomic mass is 16.6. The minimum Gasteiger partial charge on any atom is -0.399 e. The monoisotopic (exact) mass is 375 g/mol. The number of fused-ring (bicyclic) bond motifs is 5. The van der Waals surface area contributed by atoms with Crippen LogP contribution < -0.4 is 0 Å². The van der Waals surface area contributed by atoms with E-state index >= 15 is 0 Å². The van der Waals surface area contributed by atoms with Crippen molar-refractivity contribution >= 4 is 5.71 Å². The molecule has 0 amide bonds. The van der Waals surface area contributed by atoms with Gasteiger partial charge in [-0.05, 0) is 98.7 Å². The van der Waals surface area contributed by atoms with E-state index in [2.05, 4.69) is 25.9 Å². The van der Waals surface area contributed by atoms with Gasteiger partial charge in [-0.1, -0.05) is 46.2 Å². The molecule has 27 heavy (non-hydrogen) atoms. The highest BCUT2D eigenvalue weighted by molar-refractivity contribution is 5.87. The van der Waals surface area contributed by atoms with E-state index in [4.69, 9.17) is 4.84 Å². The summed E-state index contributed by atoms with van der Waals surface area (Å²) >= 11 is 0. The first-order valence-electron chi connectivity index (χ1n) is 12.2. The molecule has 8 atom stereocenters.